The number of rotatable bonds is 5. The maximum Gasteiger partial charge on any atom is 0.228 e. The molecule has 1 aliphatic carbocycles. The summed E-state index contributed by atoms with van der Waals surface area (Å²) in [5.41, 5.74) is 6.83. The number of nitrogens with two attached hydrogens (primary N) is 1. The number of hydrogen-bond donors (Lipinski definition) is 1. The second kappa shape index (κ2) is 5.37. The van der Waals surface area contributed by atoms with E-state index in [4.69, 9.17) is 19.7 Å². The monoisotopic (exact) mass is 289 g/mol. The SMILES string of the molecule is COc1cc(OC)cc(-c2noc(CC3(N)CCC3)n2)c1. The zero-order valence-electron chi connectivity index (χ0n) is 12.3. The van der Waals surface area contributed by atoms with Crippen LogP contribution in [0, 0.1) is 0 Å². The molecular formula is C15H19N3O3. The Labute approximate surface area is 123 Å². The molecule has 0 aliphatic heterocycles. The lowest BCUT2D eigenvalue weighted by atomic mass is 9.75. The molecular weight excluding hydrogens is 270 g/mol. The van der Waals surface area contributed by atoms with Gasteiger partial charge in [-0.15, -0.1) is 0 Å². The third-order valence-electron chi connectivity index (χ3n) is 3.93. The molecule has 0 atom stereocenters. The molecule has 0 radical (unpaired) electrons. The summed E-state index contributed by atoms with van der Waals surface area (Å²) < 4.78 is 15.8. The van der Waals surface area contributed by atoms with Gasteiger partial charge in [0.05, 0.1) is 14.2 Å². The van der Waals surface area contributed by atoms with Crippen molar-refractivity contribution in [1.82, 2.24) is 10.1 Å². The zero-order chi connectivity index (χ0) is 14.9. The number of benzene rings is 1. The third-order valence-corrected chi connectivity index (χ3v) is 3.93. The van der Waals surface area contributed by atoms with Crippen LogP contribution in [-0.2, 0) is 6.42 Å². The molecule has 21 heavy (non-hydrogen) atoms. The summed E-state index contributed by atoms with van der Waals surface area (Å²) in [6.07, 6.45) is 3.82. The van der Waals surface area contributed by atoms with E-state index < -0.39 is 0 Å². The predicted molar refractivity (Wildman–Crippen MR) is 77.3 cm³/mol. The normalized spacial score (nSPS) is 16.3. The fourth-order valence-electron chi connectivity index (χ4n) is 2.49. The first kappa shape index (κ1) is 13.9. The van der Waals surface area contributed by atoms with E-state index in [1.807, 2.05) is 12.1 Å². The summed E-state index contributed by atoms with van der Waals surface area (Å²) in [7, 11) is 3.21. The minimum Gasteiger partial charge on any atom is -0.497 e. The van der Waals surface area contributed by atoms with Crippen molar-refractivity contribution in [2.75, 3.05) is 14.2 Å². The van der Waals surface area contributed by atoms with Crippen LogP contribution in [0.5, 0.6) is 11.5 Å². The summed E-state index contributed by atoms with van der Waals surface area (Å²) in [5.74, 6) is 2.47. The summed E-state index contributed by atoms with van der Waals surface area (Å²) in [6.45, 7) is 0. The molecule has 2 aromatic rings. The zero-order valence-corrected chi connectivity index (χ0v) is 12.3. The molecule has 0 unspecified atom stereocenters. The number of hydrogen-bond acceptors (Lipinski definition) is 6. The van der Waals surface area contributed by atoms with Crippen LogP contribution in [0.4, 0.5) is 0 Å². The van der Waals surface area contributed by atoms with E-state index in [2.05, 4.69) is 10.1 Å². The third kappa shape index (κ3) is 2.85. The van der Waals surface area contributed by atoms with Gasteiger partial charge >= 0.3 is 0 Å². The standard InChI is InChI=1S/C15H19N3O3/c1-19-11-6-10(7-12(8-11)20-2)14-17-13(21-18-14)9-15(16)4-3-5-15/h6-8H,3-5,9,16H2,1-2H3. The largest absolute Gasteiger partial charge is 0.497 e. The van der Waals surface area contributed by atoms with Crippen LogP contribution < -0.4 is 15.2 Å². The van der Waals surface area contributed by atoms with Crippen molar-refractivity contribution >= 4 is 0 Å². The first-order valence-corrected chi connectivity index (χ1v) is 6.97. The van der Waals surface area contributed by atoms with Gasteiger partial charge in [0.25, 0.3) is 0 Å². The first-order valence-electron chi connectivity index (χ1n) is 6.97. The molecule has 2 N–H and O–H groups in total. The van der Waals surface area contributed by atoms with Crippen molar-refractivity contribution in [3.05, 3.63) is 24.1 Å². The Balaban J connectivity index is 1.85. The van der Waals surface area contributed by atoms with E-state index in [0.717, 1.165) is 18.4 Å². The van der Waals surface area contributed by atoms with Crippen molar-refractivity contribution in [3.63, 3.8) is 0 Å². The number of methoxy groups -OCH3 is 2. The molecule has 0 amide bonds. The van der Waals surface area contributed by atoms with E-state index in [1.54, 1.807) is 20.3 Å². The Hall–Kier alpha value is -2.08. The van der Waals surface area contributed by atoms with Crippen LogP contribution >= 0.6 is 0 Å². The van der Waals surface area contributed by atoms with Crippen molar-refractivity contribution < 1.29 is 14.0 Å². The van der Waals surface area contributed by atoms with Gasteiger partial charge in [-0.2, -0.15) is 4.98 Å². The van der Waals surface area contributed by atoms with E-state index >= 15 is 0 Å². The van der Waals surface area contributed by atoms with E-state index in [1.165, 1.54) is 6.42 Å². The van der Waals surface area contributed by atoms with Crippen molar-refractivity contribution in [2.24, 2.45) is 5.73 Å². The molecule has 112 valence electrons. The number of aromatic nitrogens is 2. The molecule has 6 heteroatoms. The number of nitrogens with zero attached hydrogens (tertiary/aromatic N) is 2. The fourth-order valence-corrected chi connectivity index (χ4v) is 2.49. The minimum absolute atomic E-state index is 0.171. The summed E-state index contributed by atoms with van der Waals surface area (Å²) in [5, 5.41) is 4.03. The lowest BCUT2D eigenvalue weighted by Crippen LogP contribution is -2.48. The molecule has 1 fully saturated rings. The summed E-state index contributed by atoms with van der Waals surface area (Å²) >= 11 is 0. The van der Waals surface area contributed by atoms with Gasteiger partial charge in [-0.05, 0) is 31.4 Å². The minimum atomic E-state index is -0.171. The van der Waals surface area contributed by atoms with Crippen molar-refractivity contribution in [1.29, 1.82) is 0 Å². The van der Waals surface area contributed by atoms with E-state index in [9.17, 15) is 0 Å². The van der Waals surface area contributed by atoms with Crippen molar-refractivity contribution in [2.45, 2.75) is 31.2 Å². The number of ether oxygens (including phenoxy) is 2. The maximum atomic E-state index is 6.21. The predicted octanol–water partition coefficient (Wildman–Crippen LogP) is 2.18. The Morgan fingerprint density at radius 3 is 2.38 bits per heavy atom. The van der Waals surface area contributed by atoms with Gasteiger partial charge in [0.1, 0.15) is 11.5 Å². The highest BCUT2D eigenvalue weighted by molar-refractivity contribution is 5.60. The first-order chi connectivity index (χ1) is 10.1. The van der Waals surface area contributed by atoms with Crippen LogP contribution in [-0.4, -0.2) is 29.9 Å². The van der Waals surface area contributed by atoms with Crippen molar-refractivity contribution in [3.8, 4) is 22.9 Å². The maximum absolute atomic E-state index is 6.21. The van der Waals surface area contributed by atoms with Crippen LogP contribution in [0.3, 0.4) is 0 Å². The van der Waals surface area contributed by atoms with Crippen LogP contribution in [0.15, 0.2) is 22.7 Å². The van der Waals surface area contributed by atoms with Crippen LogP contribution in [0.25, 0.3) is 11.4 Å². The summed E-state index contributed by atoms with van der Waals surface area (Å²) in [6, 6.07) is 5.49. The molecule has 1 aromatic heterocycles. The average Bonchev–Trinajstić information content (AvgIpc) is 2.93. The molecule has 0 saturated heterocycles. The molecule has 1 heterocycles. The molecule has 1 aliphatic rings. The van der Waals surface area contributed by atoms with Gasteiger partial charge in [0.15, 0.2) is 0 Å². The van der Waals surface area contributed by atoms with Gasteiger partial charge in [-0.3, -0.25) is 0 Å². The Kier molecular flexibility index (Phi) is 3.55. The van der Waals surface area contributed by atoms with Crippen LogP contribution in [0.2, 0.25) is 0 Å². The Morgan fingerprint density at radius 1 is 1.19 bits per heavy atom. The van der Waals surface area contributed by atoms with Gasteiger partial charge < -0.3 is 19.7 Å². The molecule has 6 nitrogen and oxygen atoms in total. The van der Waals surface area contributed by atoms with Crippen LogP contribution in [0.1, 0.15) is 25.2 Å². The highest BCUT2D eigenvalue weighted by Crippen LogP contribution is 2.33. The Bertz CT molecular complexity index is 613. The highest BCUT2D eigenvalue weighted by atomic mass is 16.5. The molecule has 0 bridgehead atoms. The highest BCUT2D eigenvalue weighted by Gasteiger charge is 2.34. The average molecular weight is 289 g/mol. The van der Waals surface area contributed by atoms with Gasteiger partial charge in [0, 0.05) is 23.6 Å². The quantitative estimate of drug-likeness (QED) is 0.908. The second-order valence-electron chi connectivity index (χ2n) is 5.51. The second-order valence-corrected chi connectivity index (χ2v) is 5.51. The van der Waals surface area contributed by atoms with Gasteiger partial charge in [0.2, 0.25) is 11.7 Å². The lowest BCUT2D eigenvalue weighted by Gasteiger charge is -2.36. The van der Waals surface area contributed by atoms with E-state index in [0.29, 0.717) is 29.6 Å². The fraction of sp³-hybridized carbons (Fsp3) is 0.467. The van der Waals surface area contributed by atoms with Gasteiger partial charge in [-0.1, -0.05) is 5.16 Å². The molecule has 3 rings (SSSR count). The summed E-state index contributed by atoms with van der Waals surface area (Å²) in [4.78, 5) is 4.43. The lowest BCUT2D eigenvalue weighted by molar-refractivity contribution is 0.222. The Morgan fingerprint density at radius 2 is 1.86 bits per heavy atom. The van der Waals surface area contributed by atoms with Gasteiger partial charge in [-0.25, -0.2) is 0 Å². The smallest absolute Gasteiger partial charge is 0.228 e. The van der Waals surface area contributed by atoms with E-state index in [-0.39, 0.29) is 5.54 Å². The topological polar surface area (TPSA) is 83.4 Å². The molecule has 1 aromatic carbocycles. The molecule has 0 spiro atoms. The molecule has 1 saturated carbocycles.